The molecule has 0 unspecified atom stereocenters. The van der Waals surface area contributed by atoms with Crippen LogP contribution in [0.5, 0.6) is 5.75 Å². The van der Waals surface area contributed by atoms with E-state index in [1.54, 1.807) is 36.4 Å². The normalized spacial score (nSPS) is 11.5. The van der Waals surface area contributed by atoms with E-state index in [-0.39, 0.29) is 12.5 Å². The van der Waals surface area contributed by atoms with Gasteiger partial charge in [-0.15, -0.1) is 0 Å². The summed E-state index contributed by atoms with van der Waals surface area (Å²) >= 11 is 0. The number of hydrogen-bond donors (Lipinski definition) is 0. The Morgan fingerprint density at radius 3 is 1.70 bits per heavy atom. The van der Waals surface area contributed by atoms with E-state index in [0.29, 0.717) is 28.0 Å². The smallest absolute Gasteiger partial charge is 0.416 e. The van der Waals surface area contributed by atoms with Crippen molar-refractivity contribution in [1.29, 1.82) is 0 Å². The van der Waals surface area contributed by atoms with Crippen LogP contribution in [0.2, 0.25) is 0 Å². The Labute approximate surface area is 265 Å². The zero-order valence-corrected chi connectivity index (χ0v) is 25.5. The molecule has 0 heterocycles. The van der Waals surface area contributed by atoms with Crippen LogP contribution in [0, 0.1) is 11.7 Å². The molecule has 4 aromatic carbocycles. The number of ether oxygens (including phenoxy) is 3. The van der Waals surface area contributed by atoms with Crippen molar-refractivity contribution >= 4 is 18.0 Å². The molecule has 0 fully saturated rings. The lowest BCUT2D eigenvalue weighted by molar-refractivity contribution is -0.137. The monoisotopic (exact) mass is 634 g/mol. The van der Waals surface area contributed by atoms with E-state index < -0.39 is 29.5 Å². The lowest BCUT2D eigenvalue weighted by atomic mass is 9.92. The van der Waals surface area contributed by atoms with Crippen LogP contribution in [0.3, 0.4) is 0 Å². The van der Waals surface area contributed by atoms with Crippen molar-refractivity contribution < 1.29 is 41.4 Å². The average Bonchev–Trinajstić information content (AvgIpc) is 3.07. The van der Waals surface area contributed by atoms with Crippen LogP contribution >= 0.6 is 0 Å². The van der Waals surface area contributed by atoms with Gasteiger partial charge in [0.25, 0.3) is 0 Å². The third-order valence-electron chi connectivity index (χ3n) is 7.56. The maximum absolute atomic E-state index is 14.8. The summed E-state index contributed by atoms with van der Waals surface area (Å²) in [6.07, 6.45) is 2.20. The van der Waals surface area contributed by atoms with Crippen LogP contribution in [0.4, 0.5) is 17.6 Å². The number of methoxy groups -OCH3 is 2. The summed E-state index contributed by atoms with van der Waals surface area (Å²) in [5.41, 5.74) is 3.14. The van der Waals surface area contributed by atoms with Crippen molar-refractivity contribution in [3.05, 3.63) is 142 Å². The van der Waals surface area contributed by atoms with Gasteiger partial charge in [0, 0.05) is 5.56 Å². The molecule has 4 rings (SSSR count). The standard InChI is InChI=1S/C37H34F4O5/c1-44-35(42)29-14-7-26(8-15-29)5-3-25(4-6-27-9-16-30(17-10-27)36(43)45-2)11-18-31-23-33(21-22-34(31)38)46-24-28-12-19-32(20-13-28)37(39,40)41/h7-23,25H,3-6,24H2,1-2H3/b18-11+. The van der Waals surface area contributed by atoms with Crippen LogP contribution in [-0.2, 0) is 35.1 Å². The summed E-state index contributed by atoms with van der Waals surface area (Å²) in [5, 5.41) is 0. The van der Waals surface area contributed by atoms with Crippen molar-refractivity contribution in [2.75, 3.05) is 14.2 Å². The number of carbonyl (C=O) groups excluding carboxylic acids is 2. The van der Waals surface area contributed by atoms with E-state index in [4.69, 9.17) is 14.2 Å². The molecule has 9 heteroatoms. The van der Waals surface area contributed by atoms with Crippen LogP contribution < -0.4 is 4.74 Å². The van der Waals surface area contributed by atoms with Gasteiger partial charge in [0.1, 0.15) is 18.2 Å². The molecular weight excluding hydrogens is 600 g/mol. The van der Waals surface area contributed by atoms with Gasteiger partial charge in [-0.05, 0) is 103 Å². The minimum Gasteiger partial charge on any atom is -0.489 e. The van der Waals surface area contributed by atoms with Crippen molar-refractivity contribution in [2.45, 2.75) is 38.5 Å². The fourth-order valence-corrected chi connectivity index (χ4v) is 4.83. The van der Waals surface area contributed by atoms with Crippen molar-refractivity contribution in [2.24, 2.45) is 5.92 Å². The Hall–Kier alpha value is -4.92. The number of benzene rings is 4. The van der Waals surface area contributed by atoms with Crippen LogP contribution in [0.25, 0.3) is 6.08 Å². The molecule has 0 aliphatic carbocycles. The molecule has 240 valence electrons. The zero-order chi connectivity index (χ0) is 33.1. The number of carbonyl (C=O) groups is 2. The summed E-state index contributed by atoms with van der Waals surface area (Å²) in [4.78, 5) is 23.6. The number of rotatable bonds is 13. The van der Waals surface area contributed by atoms with E-state index in [2.05, 4.69) is 0 Å². The molecule has 0 bridgehead atoms. The van der Waals surface area contributed by atoms with Crippen LogP contribution in [0.15, 0.2) is 97.1 Å². The molecule has 4 aromatic rings. The number of aryl methyl sites for hydroxylation is 2. The number of allylic oxidation sites excluding steroid dienone is 1. The summed E-state index contributed by atoms with van der Waals surface area (Å²) in [5.74, 6) is -0.810. The van der Waals surface area contributed by atoms with E-state index in [1.807, 2.05) is 30.3 Å². The van der Waals surface area contributed by atoms with E-state index in [0.717, 1.165) is 48.9 Å². The summed E-state index contributed by atoms with van der Waals surface area (Å²) in [7, 11) is 2.67. The maximum atomic E-state index is 14.8. The molecule has 0 atom stereocenters. The van der Waals surface area contributed by atoms with Crippen molar-refractivity contribution in [1.82, 2.24) is 0 Å². The van der Waals surface area contributed by atoms with Crippen molar-refractivity contribution in [3.63, 3.8) is 0 Å². The Balaban J connectivity index is 1.45. The third kappa shape index (κ3) is 9.79. The summed E-state index contributed by atoms with van der Waals surface area (Å²) in [6, 6.07) is 23.5. The second kappa shape index (κ2) is 15.9. The largest absolute Gasteiger partial charge is 0.489 e. The van der Waals surface area contributed by atoms with Crippen LogP contribution in [0.1, 0.15) is 61.4 Å². The molecule has 0 amide bonds. The highest BCUT2D eigenvalue weighted by Crippen LogP contribution is 2.29. The Bertz CT molecular complexity index is 1560. The molecule has 0 N–H and O–H groups in total. The van der Waals surface area contributed by atoms with Gasteiger partial charge in [0.05, 0.1) is 30.9 Å². The third-order valence-corrected chi connectivity index (χ3v) is 7.56. The molecule has 5 nitrogen and oxygen atoms in total. The Morgan fingerprint density at radius 1 is 0.717 bits per heavy atom. The first kappa shape index (κ1) is 34.0. The van der Waals surface area contributed by atoms with E-state index >= 15 is 0 Å². The zero-order valence-electron chi connectivity index (χ0n) is 25.5. The average molecular weight is 635 g/mol. The summed E-state index contributed by atoms with van der Waals surface area (Å²) in [6.45, 7) is 0.0269. The first-order valence-electron chi connectivity index (χ1n) is 14.7. The fourth-order valence-electron chi connectivity index (χ4n) is 4.83. The molecule has 0 spiro atoms. The fraction of sp³-hybridized carbons (Fsp3) is 0.243. The second-order valence-electron chi connectivity index (χ2n) is 10.7. The topological polar surface area (TPSA) is 61.8 Å². The maximum Gasteiger partial charge on any atom is 0.416 e. The Kier molecular flexibility index (Phi) is 11.7. The molecule has 46 heavy (non-hydrogen) atoms. The number of halogens is 4. The van der Waals surface area contributed by atoms with Gasteiger partial charge in [0.15, 0.2) is 0 Å². The minimum absolute atomic E-state index is 0.0269. The molecule has 0 saturated heterocycles. The van der Waals surface area contributed by atoms with E-state index in [1.165, 1.54) is 38.5 Å². The molecular formula is C37H34F4O5. The predicted octanol–water partition coefficient (Wildman–Crippen LogP) is 8.89. The first-order valence-corrected chi connectivity index (χ1v) is 14.7. The second-order valence-corrected chi connectivity index (χ2v) is 10.7. The van der Waals surface area contributed by atoms with Crippen LogP contribution in [-0.4, -0.2) is 26.2 Å². The van der Waals surface area contributed by atoms with Gasteiger partial charge in [0.2, 0.25) is 0 Å². The van der Waals surface area contributed by atoms with Gasteiger partial charge < -0.3 is 14.2 Å². The minimum atomic E-state index is -4.42. The SMILES string of the molecule is COC(=O)c1ccc(CCC(/C=C/c2cc(OCc3ccc(C(F)(F)F)cc3)ccc2F)CCc2ccc(C(=O)OC)cc2)cc1. The van der Waals surface area contributed by atoms with Gasteiger partial charge in [-0.1, -0.05) is 48.6 Å². The lowest BCUT2D eigenvalue weighted by Crippen LogP contribution is -2.05. The highest BCUT2D eigenvalue weighted by atomic mass is 19.4. The van der Waals surface area contributed by atoms with E-state index in [9.17, 15) is 27.2 Å². The first-order chi connectivity index (χ1) is 22.0. The Morgan fingerprint density at radius 2 is 1.22 bits per heavy atom. The van der Waals surface area contributed by atoms with Crippen molar-refractivity contribution in [3.8, 4) is 5.75 Å². The van der Waals surface area contributed by atoms with Gasteiger partial charge >= 0.3 is 18.1 Å². The van der Waals surface area contributed by atoms with Gasteiger partial charge in [-0.3, -0.25) is 0 Å². The van der Waals surface area contributed by atoms with Gasteiger partial charge in [-0.2, -0.15) is 13.2 Å². The predicted molar refractivity (Wildman–Crippen MR) is 167 cm³/mol. The molecule has 0 aliphatic rings. The lowest BCUT2D eigenvalue weighted by Gasteiger charge is -2.14. The summed E-state index contributed by atoms with van der Waals surface area (Å²) < 4.78 is 68.7. The molecule has 0 aliphatic heterocycles. The highest BCUT2D eigenvalue weighted by Gasteiger charge is 2.29. The molecule has 0 saturated carbocycles. The molecule has 0 aromatic heterocycles. The number of alkyl halides is 3. The van der Waals surface area contributed by atoms with Gasteiger partial charge in [-0.25, -0.2) is 14.0 Å². The molecule has 0 radical (unpaired) electrons. The number of esters is 2. The highest BCUT2D eigenvalue weighted by molar-refractivity contribution is 5.89. The number of hydrogen-bond acceptors (Lipinski definition) is 5. The quantitative estimate of drug-likeness (QED) is 0.109.